The molecule has 4 atom stereocenters. The second-order valence-electron chi connectivity index (χ2n) is 7.57. The highest BCUT2D eigenvalue weighted by molar-refractivity contribution is 5.82. The maximum Gasteiger partial charge on any atom is 0.212 e. The molecule has 4 unspecified atom stereocenters. The van der Waals surface area contributed by atoms with Gasteiger partial charge in [0.2, 0.25) is 11.8 Å². The Hall–Kier alpha value is -1.22. The van der Waals surface area contributed by atoms with E-state index in [0.717, 1.165) is 30.4 Å². The van der Waals surface area contributed by atoms with Crippen LogP contribution in [0.15, 0.2) is 0 Å². The molecule has 1 heterocycles. The molecule has 6 N–H and O–H groups in total. The first-order chi connectivity index (χ1) is 10.7. The Labute approximate surface area is 144 Å². The van der Waals surface area contributed by atoms with Gasteiger partial charge in [-0.3, -0.25) is 9.59 Å². The third kappa shape index (κ3) is 6.35. The number of quaternary nitrogens is 2. The molecule has 1 aliphatic rings. The number of carbonyl (C=O) groups is 2. The Balaban J connectivity index is 0.00000529. The number of hydrogen-bond acceptors (Lipinski definition) is 4. The SMILES string of the molecule is CCC1C[N+](C)(C)CC1CCC(CC(C)C(=O)N[O-])C(=O)N[O-].[NH4+]. The van der Waals surface area contributed by atoms with Crippen LogP contribution in [0.3, 0.4) is 0 Å². The molecule has 1 aliphatic heterocycles. The highest BCUT2D eigenvalue weighted by atomic mass is 16.5. The molecule has 0 aromatic rings. The van der Waals surface area contributed by atoms with Crippen molar-refractivity contribution in [3.63, 3.8) is 0 Å². The molecule has 24 heavy (non-hydrogen) atoms. The Morgan fingerprint density at radius 3 is 2.17 bits per heavy atom. The number of nitrogens with zero attached hydrogens (tertiary/aromatic N) is 1. The van der Waals surface area contributed by atoms with Crippen molar-refractivity contribution in [3.05, 3.63) is 10.4 Å². The molecule has 1 rings (SSSR count). The highest BCUT2D eigenvalue weighted by Gasteiger charge is 2.39. The lowest BCUT2D eigenvalue weighted by Crippen LogP contribution is -2.37. The Bertz CT molecular complexity index is 417. The lowest BCUT2D eigenvalue weighted by Gasteiger charge is -2.25. The molecule has 0 saturated carbocycles. The summed E-state index contributed by atoms with van der Waals surface area (Å²) >= 11 is 0. The smallest absolute Gasteiger partial charge is 0.212 e. The first-order valence-electron chi connectivity index (χ1n) is 8.40. The molecular formula is C16H34N4O4. The Morgan fingerprint density at radius 2 is 1.67 bits per heavy atom. The van der Waals surface area contributed by atoms with Gasteiger partial charge in [-0.25, -0.2) is 0 Å². The van der Waals surface area contributed by atoms with Gasteiger partial charge in [0.05, 0.1) is 27.2 Å². The molecule has 0 aromatic carbocycles. The van der Waals surface area contributed by atoms with Gasteiger partial charge in [0.25, 0.3) is 0 Å². The number of carbonyl (C=O) groups excluding carboxylic acids is 2. The number of amides is 2. The molecule has 1 fully saturated rings. The summed E-state index contributed by atoms with van der Waals surface area (Å²) in [7, 11) is 4.43. The van der Waals surface area contributed by atoms with Gasteiger partial charge in [0, 0.05) is 23.7 Å². The first kappa shape index (κ1) is 22.8. The first-order valence-corrected chi connectivity index (χ1v) is 8.40. The second-order valence-corrected chi connectivity index (χ2v) is 7.57. The molecule has 8 heteroatoms. The van der Waals surface area contributed by atoms with Crippen LogP contribution < -0.4 is 17.1 Å². The van der Waals surface area contributed by atoms with Crippen LogP contribution in [-0.4, -0.2) is 43.5 Å². The monoisotopic (exact) mass is 346 g/mol. The third-order valence-corrected chi connectivity index (χ3v) is 5.19. The third-order valence-electron chi connectivity index (χ3n) is 5.19. The van der Waals surface area contributed by atoms with E-state index in [1.165, 1.54) is 11.0 Å². The van der Waals surface area contributed by atoms with E-state index in [0.29, 0.717) is 18.3 Å². The summed E-state index contributed by atoms with van der Waals surface area (Å²) in [5, 5.41) is 21.2. The predicted octanol–water partition coefficient (Wildman–Crippen LogP) is 1.75. The summed E-state index contributed by atoms with van der Waals surface area (Å²) in [6, 6.07) is 0. The summed E-state index contributed by atoms with van der Waals surface area (Å²) in [4.78, 5) is 23.2. The van der Waals surface area contributed by atoms with Gasteiger partial charge in [-0.15, -0.1) is 0 Å². The molecule has 2 amide bonds. The zero-order valence-electron chi connectivity index (χ0n) is 15.6. The van der Waals surface area contributed by atoms with Crippen LogP contribution in [0.1, 0.15) is 39.5 Å². The molecule has 0 bridgehead atoms. The zero-order valence-corrected chi connectivity index (χ0v) is 15.6. The molecular weight excluding hydrogens is 312 g/mol. The fourth-order valence-electron chi connectivity index (χ4n) is 3.92. The minimum Gasteiger partial charge on any atom is -0.759 e. The fourth-order valence-corrected chi connectivity index (χ4v) is 3.92. The molecule has 0 spiro atoms. The normalized spacial score (nSPS) is 24.6. The lowest BCUT2D eigenvalue weighted by atomic mass is 9.84. The second kappa shape index (κ2) is 9.93. The van der Waals surface area contributed by atoms with Crippen molar-refractivity contribution in [1.29, 1.82) is 0 Å². The van der Waals surface area contributed by atoms with E-state index >= 15 is 0 Å². The predicted molar refractivity (Wildman–Crippen MR) is 94.6 cm³/mol. The number of rotatable bonds is 8. The van der Waals surface area contributed by atoms with Crippen LogP contribution in [0, 0.1) is 34.1 Å². The van der Waals surface area contributed by atoms with Crippen LogP contribution >= 0.6 is 0 Å². The standard InChI is InChI=1S/C16H30N3O4.H3N/c1-5-12-9-19(3,4)10-14(12)7-6-13(16(21)18-23)8-11(2)15(20)17-22;/h11-14H,5-10H2,1-4H3,(H2-2,17,18,20,21,22,23);1H3/q-1;/p+1. The summed E-state index contributed by atoms with van der Waals surface area (Å²) in [5.41, 5.74) is 2.79. The highest BCUT2D eigenvalue weighted by Crippen LogP contribution is 2.34. The van der Waals surface area contributed by atoms with Gasteiger partial charge in [-0.05, 0) is 25.7 Å². The van der Waals surface area contributed by atoms with E-state index in [1.807, 2.05) is 0 Å². The minimum atomic E-state index is -0.640. The van der Waals surface area contributed by atoms with Gasteiger partial charge in [0.15, 0.2) is 0 Å². The van der Waals surface area contributed by atoms with Crippen LogP contribution in [0.5, 0.6) is 0 Å². The van der Waals surface area contributed by atoms with Crippen molar-refractivity contribution >= 4 is 11.8 Å². The van der Waals surface area contributed by atoms with Crippen LogP contribution in [0.2, 0.25) is 0 Å². The van der Waals surface area contributed by atoms with Crippen molar-refractivity contribution in [2.24, 2.45) is 23.7 Å². The average Bonchev–Trinajstić information content (AvgIpc) is 2.83. The maximum atomic E-state index is 11.8. The summed E-state index contributed by atoms with van der Waals surface area (Å²) in [6.07, 6.45) is 2.78. The van der Waals surface area contributed by atoms with Crippen LogP contribution in [0.25, 0.3) is 0 Å². The van der Waals surface area contributed by atoms with Crippen LogP contribution in [-0.2, 0) is 9.59 Å². The zero-order chi connectivity index (χ0) is 17.6. The van der Waals surface area contributed by atoms with Crippen molar-refractivity contribution in [3.8, 4) is 0 Å². The van der Waals surface area contributed by atoms with Crippen molar-refractivity contribution in [2.45, 2.75) is 39.5 Å². The van der Waals surface area contributed by atoms with E-state index in [-0.39, 0.29) is 12.6 Å². The van der Waals surface area contributed by atoms with Gasteiger partial charge in [-0.2, -0.15) is 0 Å². The molecule has 8 nitrogen and oxygen atoms in total. The number of hydroxylamine groups is 2. The molecule has 142 valence electrons. The molecule has 0 aliphatic carbocycles. The Morgan fingerprint density at radius 1 is 1.12 bits per heavy atom. The Kier molecular flexibility index (Phi) is 9.42. The maximum absolute atomic E-state index is 11.8. The van der Waals surface area contributed by atoms with Crippen molar-refractivity contribution in [1.82, 2.24) is 17.1 Å². The van der Waals surface area contributed by atoms with E-state index in [9.17, 15) is 20.0 Å². The summed E-state index contributed by atoms with van der Waals surface area (Å²) < 4.78 is 0.983. The molecule has 1 saturated heterocycles. The van der Waals surface area contributed by atoms with E-state index in [2.05, 4.69) is 21.0 Å². The van der Waals surface area contributed by atoms with Gasteiger partial charge in [0.1, 0.15) is 0 Å². The van der Waals surface area contributed by atoms with E-state index in [1.54, 1.807) is 6.92 Å². The minimum absolute atomic E-state index is 0. The topological polar surface area (TPSA) is 141 Å². The van der Waals surface area contributed by atoms with Crippen LogP contribution in [0.4, 0.5) is 0 Å². The summed E-state index contributed by atoms with van der Waals surface area (Å²) in [5.74, 6) is -1.17. The fraction of sp³-hybridized carbons (Fsp3) is 0.875. The van der Waals surface area contributed by atoms with E-state index in [4.69, 9.17) is 0 Å². The van der Waals surface area contributed by atoms with Gasteiger partial charge < -0.3 is 32.0 Å². The average molecular weight is 346 g/mol. The van der Waals surface area contributed by atoms with Gasteiger partial charge in [-0.1, -0.05) is 13.8 Å². The quantitative estimate of drug-likeness (QED) is 0.454. The summed E-state index contributed by atoms with van der Waals surface area (Å²) in [6.45, 7) is 5.99. The van der Waals surface area contributed by atoms with Gasteiger partial charge >= 0.3 is 0 Å². The lowest BCUT2D eigenvalue weighted by molar-refractivity contribution is -0.880. The molecule has 0 aromatic heterocycles. The number of nitrogens with one attached hydrogen (secondary N) is 2. The van der Waals surface area contributed by atoms with E-state index < -0.39 is 23.7 Å². The molecule has 0 radical (unpaired) electrons. The number of likely N-dealkylation sites (tertiary alicyclic amines) is 1. The largest absolute Gasteiger partial charge is 0.759 e. The van der Waals surface area contributed by atoms with Crippen molar-refractivity contribution in [2.75, 3.05) is 27.2 Å². The van der Waals surface area contributed by atoms with Crippen molar-refractivity contribution < 1.29 is 14.1 Å². The number of hydrogen-bond donors (Lipinski definition) is 3.